The van der Waals surface area contributed by atoms with Gasteiger partial charge in [0.25, 0.3) is 0 Å². The molecule has 0 N–H and O–H groups in total. The van der Waals surface area contributed by atoms with Crippen molar-refractivity contribution >= 4 is 23.2 Å². The zero-order valence-corrected chi connectivity index (χ0v) is 11.7. The number of halogens is 1. The second-order valence-electron chi connectivity index (χ2n) is 4.66. The van der Waals surface area contributed by atoms with Gasteiger partial charge in [0, 0.05) is 18.4 Å². The van der Waals surface area contributed by atoms with Crippen LogP contribution in [0, 0.1) is 0 Å². The van der Waals surface area contributed by atoms with Gasteiger partial charge >= 0.3 is 0 Å². The van der Waals surface area contributed by atoms with Gasteiger partial charge in [-0.2, -0.15) is 5.10 Å². The predicted octanol–water partition coefficient (Wildman–Crippen LogP) is 3.63. The van der Waals surface area contributed by atoms with E-state index in [0.717, 1.165) is 11.3 Å². The van der Waals surface area contributed by atoms with Crippen LogP contribution in [0.5, 0.6) is 0 Å². The molecule has 0 saturated heterocycles. The van der Waals surface area contributed by atoms with Crippen molar-refractivity contribution in [1.82, 2.24) is 5.01 Å². The van der Waals surface area contributed by atoms with E-state index in [4.69, 9.17) is 16.0 Å². The number of carbonyl (C=O) groups excluding carboxylic acids is 1. The third-order valence-electron chi connectivity index (χ3n) is 3.27. The third kappa shape index (κ3) is 2.34. The number of amides is 1. The highest BCUT2D eigenvalue weighted by molar-refractivity contribution is 6.30. The molecule has 1 aromatic heterocycles. The summed E-state index contributed by atoms with van der Waals surface area (Å²) in [5.41, 5.74) is 1.74. The third-order valence-corrected chi connectivity index (χ3v) is 3.51. The summed E-state index contributed by atoms with van der Waals surface area (Å²) in [5, 5.41) is 6.52. The Morgan fingerprint density at radius 3 is 2.90 bits per heavy atom. The summed E-state index contributed by atoms with van der Waals surface area (Å²) >= 11 is 6.03. The van der Waals surface area contributed by atoms with Crippen molar-refractivity contribution in [2.75, 3.05) is 0 Å². The van der Waals surface area contributed by atoms with E-state index in [9.17, 15) is 4.79 Å². The normalized spacial score (nSPS) is 18.2. The molecule has 0 bridgehead atoms. The smallest absolute Gasteiger partial charge is 0.240 e. The quantitative estimate of drug-likeness (QED) is 0.847. The Labute approximate surface area is 121 Å². The van der Waals surface area contributed by atoms with Gasteiger partial charge < -0.3 is 4.42 Å². The van der Waals surface area contributed by atoms with Crippen LogP contribution in [0.3, 0.4) is 0 Å². The van der Waals surface area contributed by atoms with E-state index >= 15 is 0 Å². The lowest BCUT2D eigenvalue weighted by Crippen LogP contribution is -2.24. The van der Waals surface area contributed by atoms with Crippen LogP contribution < -0.4 is 0 Å². The number of hydrazone groups is 1. The van der Waals surface area contributed by atoms with Gasteiger partial charge in [0.2, 0.25) is 5.91 Å². The van der Waals surface area contributed by atoms with E-state index in [0.29, 0.717) is 17.2 Å². The summed E-state index contributed by atoms with van der Waals surface area (Å²) in [5.74, 6) is 0.595. The molecule has 2 aromatic rings. The van der Waals surface area contributed by atoms with Crippen molar-refractivity contribution in [2.24, 2.45) is 5.10 Å². The highest BCUT2D eigenvalue weighted by Gasteiger charge is 2.32. The summed E-state index contributed by atoms with van der Waals surface area (Å²) in [4.78, 5) is 11.8. The molecule has 3 rings (SSSR count). The number of hydrogen-bond acceptors (Lipinski definition) is 3. The monoisotopic (exact) mass is 288 g/mol. The number of nitrogens with zero attached hydrogens (tertiary/aromatic N) is 2. The van der Waals surface area contributed by atoms with Crippen LogP contribution in [0.1, 0.15) is 30.7 Å². The fourth-order valence-corrected chi connectivity index (χ4v) is 2.56. The first-order chi connectivity index (χ1) is 9.65. The number of furan rings is 1. The molecule has 0 spiro atoms. The van der Waals surface area contributed by atoms with Crippen LogP contribution in [0.25, 0.3) is 0 Å². The fourth-order valence-electron chi connectivity index (χ4n) is 2.37. The van der Waals surface area contributed by atoms with Gasteiger partial charge in [0.15, 0.2) is 0 Å². The van der Waals surface area contributed by atoms with E-state index in [2.05, 4.69) is 5.10 Å². The maximum atomic E-state index is 11.8. The zero-order valence-electron chi connectivity index (χ0n) is 10.9. The molecule has 0 aliphatic carbocycles. The van der Waals surface area contributed by atoms with Crippen LogP contribution >= 0.6 is 11.6 Å². The molecule has 5 heteroatoms. The maximum Gasteiger partial charge on any atom is 0.240 e. The lowest BCUT2D eigenvalue weighted by atomic mass is 10.0. The predicted molar refractivity (Wildman–Crippen MR) is 76.6 cm³/mol. The molecule has 1 aliphatic heterocycles. The van der Waals surface area contributed by atoms with Crippen LogP contribution in [0.15, 0.2) is 52.2 Å². The van der Waals surface area contributed by atoms with Gasteiger partial charge in [-0.15, -0.1) is 0 Å². The average Bonchev–Trinajstić information content (AvgIpc) is 3.08. The van der Waals surface area contributed by atoms with Crippen molar-refractivity contribution in [2.45, 2.75) is 19.4 Å². The Hall–Kier alpha value is -2.07. The minimum absolute atomic E-state index is 0.100. The van der Waals surface area contributed by atoms with Crippen molar-refractivity contribution in [3.8, 4) is 0 Å². The first-order valence-electron chi connectivity index (χ1n) is 6.32. The summed E-state index contributed by atoms with van der Waals surface area (Å²) in [6, 6.07) is 11.0. The Kier molecular flexibility index (Phi) is 3.32. The minimum Gasteiger partial charge on any atom is -0.463 e. The summed E-state index contributed by atoms with van der Waals surface area (Å²) in [6.07, 6.45) is 2.22. The van der Waals surface area contributed by atoms with E-state index < -0.39 is 0 Å². The van der Waals surface area contributed by atoms with Gasteiger partial charge in [-0.3, -0.25) is 4.79 Å². The topological polar surface area (TPSA) is 45.8 Å². The van der Waals surface area contributed by atoms with Gasteiger partial charge in [-0.25, -0.2) is 5.01 Å². The summed E-state index contributed by atoms with van der Waals surface area (Å²) < 4.78 is 5.36. The van der Waals surface area contributed by atoms with Crippen molar-refractivity contribution in [1.29, 1.82) is 0 Å². The molecule has 4 nitrogen and oxygen atoms in total. The van der Waals surface area contributed by atoms with Crippen molar-refractivity contribution in [3.05, 3.63) is 59.0 Å². The second-order valence-corrected chi connectivity index (χ2v) is 5.10. The number of hydrogen-bond donors (Lipinski definition) is 0. The molecular formula is C15H13ClN2O2. The molecule has 2 heterocycles. The fraction of sp³-hybridized carbons (Fsp3) is 0.200. The number of benzene rings is 1. The van der Waals surface area contributed by atoms with Gasteiger partial charge in [0.05, 0.1) is 12.3 Å². The molecule has 102 valence electrons. The SMILES string of the molecule is CC(=O)N1N=C(c2ccco2)C[C@H]1c1cccc(Cl)c1. The molecule has 1 aliphatic rings. The molecule has 20 heavy (non-hydrogen) atoms. The molecule has 0 radical (unpaired) electrons. The zero-order chi connectivity index (χ0) is 14.1. The van der Waals surface area contributed by atoms with E-state index in [1.807, 2.05) is 36.4 Å². The Morgan fingerprint density at radius 2 is 2.25 bits per heavy atom. The molecular weight excluding hydrogens is 276 g/mol. The van der Waals surface area contributed by atoms with E-state index in [1.165, 1.54) is 11.9 Å². The maximum absolute atomic E-state index is 11.8. The van der Waals surface area contributed by atoms with E-state index in [1.54, 1.807) is 6.26 Å². The molecule has 1 atom stereocenters. The Morgan fingerprint density at radius 1 is 1.40 bits per heavy atom. The van der Waals surface area contributed by atoms with Crippen LogP contribution in [-0.4, -0.2) is 16.6 Å². The lowest BCUT2D eigenvalue weighted by Gasteiger charge is -2.20. The van der Waals surface area contributed by atoms with Gasteiger partial charge in [-0.1, -0.05) is 23.7 Å². The summed E-state index contributed by atoms with van der Waals surface area (Å²) in [6.45, 7) is 1.51. The van der Waals surface area contributed by atoms with Gasteiger partial charge in [-0.05, 0) is 29.8 Å². The Bertz CT molecular complexity index is 664. The van der Waals surface area contributed by atoms with Crippen molar-refractivity contribution in [3.63, 3.8) is 0 Å². The summed E-state index contributed by atoms with van der Waals surface area (Å²) in [7, 11) is 0. The van der Waals surface area contributed by atoms with Crippen LogP contribution in [-0.2, 0) is 4.79 Å². The number of rotatable bonds is 2. The molecule has 0 saturated carbocycles. The molecule has 1 amide bonds. The largest absolute Gasteiger partial charge is 0.463 e. The highest BCUT2D eigenvalue weighted by atomic mass is 35.5. The van der Waals surface area contributed by atoms with Crippen LogP contribution in [0.2, 0.25) is 5.02 Å². The highest BCUT2D eigenvalue weighted by Crippen LogP contribution is 2.33. The van der Waals surface area contributed by atoms with Crippen molar-refractivity contribution < 1.29 is 9.21 Å². The van der Waals surface area contributed by atoms with E-state index in [-0.39, 0.29) is 11.9 Å². The number of carbonyl (C=O) groups is 1. The van der Waals surface area contributed by atoms with Gasteiger partial charge in [0.1, 0.15) is 11.5 Å². The molecule has 0 unspecified atom stereocenters. The minimum atomic E-state index is -0.133. The first-order valence-corrected chi connectivity index (χ1v) is 6.69. The standard InChI is InChI=1S/C15H13ClN2O2/c1-10(19)18-14(11-4-2-5-12(16)8-11)9-13(17-18)15-6-3-7-20-15/h2-8,14H,9H2,1H3/t14-/m0/s1. The molecule has 0 fully saturated rings. The molecule has 1 aromatic carbocycles. The lowest BCUT2D eigenvalue weighted by molar-refractivity contribution is -0.130. The Balaban J connectivity index is 1.95. The first kappa shape index (κ1) is 12.9. The average molecular weight is 289 g/mol. The second kappa shape index (κ2) is 5.13. The van der Waals surface area contributed by atoms with Crippen LogP contribution in [0.4, 0.5) is 0 Å².